The number of thioether (sulfide) groups is 1. The highest BCUT2D eigenvalue weighted by atomic mass is 32.2. The van der Waals surface area contributed by atoms with E-state index in [9.17, 15) is 9.18 Å². The summed E-state index contributed by atoms with van der Waals surface area (Å²) in [6.07, 6.45) is 0. The highest BCUT2D eigenvalue weighted by molar-refractivity contribution is 7.99. The fraction of sp³-hybridized carbons (Fsp3) is 0.118. The van der Waals surface area contributed by atoms with Crippen LogP contribution in [-0.4, -0.2) is 33.6 Å². The van der Waals surface area contributed by atoms with Gasteiger partial charge < -0.3 is 15.9 Å². The zero-order valence-electron chi connectivity index (χ0n) is 13.8. The second kappa shape index (κ2) is 7.87. The molecule has 7 nitrogen and oxygen atoms in total. The summed E-state index contributed by atoms with van der Waals surface area (Å²) >= 11 is 1.14. The molecule has 3 aromatic rings. The lowest BCUT2D eigenvalue weighted by Crippen LogP contribution is -2.16. The highest BCUT2D eigenvalue weighted by Crippen LogP contribution is 2.29. The van der Waals surface area contributed by atoms with Crippen LogP contribution >= 0.6 is 11.8 Å². The van der Waals surface area contributed by atoms with Crippen LogP contribution in [0.4, 0.5) is 10.1 Å². The molecule has 0 saturated heterocycles. The summed E-state index contributed by atoms with van der Waals surface area (Å²) < 4.78 is 19.5. The number of para-hydroxylation sites is 1. The molecule has 0 saturated carbocycles. The average Bonchev–Trinajstić information content (AvgIpc) is 3.02. The van der Waals surface area contributed by atoms with Crippen molar-refractivity contribution in [1.29, 1.82) is 0 Å². The molecule has 9 heteroatoms. The van der Waals surface area contributed by atoms with Crippen molar-refractivity contribution in [3.63, 3.8) is 0 Å². The number of ether oxygens (including phenoxy) is 1. The molecule has 0 aliphatic rings. The summed E-state index contributed by atoms with van der Waals surface area (Å²) in [6.45, 7) is 0. The van der Waals surface area contributed by atoms with Crippen molar-refractivity contribution in [3.8, 4) is 17.1 Å². The first-order valence-corrected chi connectivity index (χ1v) is 8.59. The van der Waals surface area contributed by atoms with Gasteiger partial charge in [-0.3, -0.25) is 4.79 Å². The minimum Gasteiger partial charge on any atom is -0.496 e. The quantitative estimate of drug-likeness (QED) is 0.509. The number of amides is 1. The number of nitrogens with two attached hydrogens (primary N) is 1. The van der Waals surface area contributed by atoms with Crippen molar-refractivity contribution in [2.45, 2.75) is 5.16 Å². The number of nitrogens with zero attached hydrogens (tertiary/aromatic N) is 3. The van der Waals surface area contributed by atoms with Crippen LogP contribution in [0, 0.1) is 5.82 Å². The Hall–Kier alpha value is -3.07. The number of hydrogen-bond donors (Lipinski definition) is 2. The van der Waals surface area contributed by atoms with E-state index in [4.69, 9.17) is 10.6 Å². The van der Waals surface area contributed by atoms with E-state index in [1.807, 2.05) is 18.2 Å². The van der Waals surface area contributed by atoms with Gasteiger partial charge in [0, 0.05) is 5.69 Å². The van der Waals surface area contributed by atoms with Crippen molar-refractivity contribution < 1.29 is 13.9 Å². The van der Waals surface area contributed by atoms with E-state index in [1.165, 1.54) is 28.9 Å². The maximum absolute atomic E-state index is 12.9. The zero-order valence-corrected chi connectivity index (χ0v) is 14.7. The van der Waals surface area contributed by atoms with Crippen LogP contribution in [0.15, 0.2) is 53.7 Å². The number of nitrogen functional groups attached to an aromatic ring is 1. The first-order valence-electron chi connectivity index (χ1n) is 7.60. The molecule has 3 N–H and O–H groups in total. The number of aromatic nitrogens is 3. The third-order valence-corrected chi connectivity index (χ3v) is 4.42. The summed E-state index contributed by atoms with van der Waals surface area (Å²) in [4.78, 5) is 12.0. The SMILES string of the molecule is COc1ccccc1-c1nnc(SCC(=O)Nc2ccc(F)cc2)n1N. The smallest absolute Gasteiger partial charge is 0.234 e. The molecule has 0 fully saturated rings. The van der Waals surface area contributed by atoms with Gasteiger partial charge in [-0.1, -0.05) is 23.9 Å². The predicted molar refractivity (Wildman–Crippen MR) is 97.9 cm³/mol. The van der Waals surface area contributed by atoms with Gasteiger partial charge in [-0.2, -0.15) is 0 Å². The number of carbonyl (C=O) groups is 1. The van der Waals surface area contributed by atoms with E-state index < -0.39 is 0 Å². The Bertz CT molecular complexity index is 914. The maximum atomic E-state index is 12.9. The monoisotopic (exact) mass is 373 g/mol. The van der Waals surface area contributed by atoms with E-state index in [0.29, 0.717) is 28.0 Å². The first kappa shape index (κ1) is 17.7. The molecule has 3 rings (SSSR count). The van der Waals surface area contributed by atoms with Crippen LogP contribution in [0.5, 0.6) is 5.75 Å². The minimum absolute atomic E-state index is 0.0820. The van der Waals surface area contributed by atoms with Gasteiger partial charge in [-0.15, -0.1) is 10.2 Å². The van der Waals surface area contributed by atoms with Crippen molar-refractivity contribution in [1.82, 2.24) is 14.9 Å². The van der Waals surface area contributed by atoms with Crippen LogP contribution < -0.4 is 15.9 Å². The maximum Gasteiger partial charge on any atom is 0.234 e. The number of hydrogen-bond acceptors (Lipinski definition) is 6. The lowest BCUT2D eigenvalue weighted by atomic mass is 10.2. The van der Waals surface area contributed by atoms with E-state index in [-0.39, 0.29) is 17.5 Å². The van der Waals surface area contributed by atoms with Gasteiger partial charge in [0.2, 0.25) is 11.1 Å². The number of rotatable bonds is 6. The predicted octanol–water partition coefficient (Wildman–Crippen LogP) is 2.54. The molecule has 1 aromatic heterocycles. The normalized spacial score (nSPS) is 10.5. The van der Waals surface area contributed by atoms with Gasteiger partial charge in [0.25, 0.3) is 0 Å². The average molecular weight is 373 g/mol. The van der Waals surface area contributed by atoms with Gasteiger partial charge in [0.05, 0.1) is 18.4 Å². The van der Waals surface area contributed by atoms with E-state index >= 15 is 0 Å². The third-order valence-electron chi connectivity index (χ3n) is 3.47. The molecule has 2 aromatic carbocycles. The molecule has 26 heavy (non-hydrogen) atoms. The Morgan fingerprint density at radius 1 is 1.23 bits per heavy atom. The second-order valence-electron chi connectivity index (χ2n) is 5.22. The zero-order chi connectivity index (χ0) is 18.5. The summed E-state index contributed by atoms with van der Waals surface area (Å²) in [5, 5.41) is 11.2. The Labute approximate surface area is 153 Å². The number of carbonyl (C=O) groups excluding carboxylic acids is 1. The molecule has 0 atom stereocenters. The van der Waals surface area contributed by atoms with E-state index in [0.717, 1.165) is 11.8 Å². The van der Waals surface area contributed by atoms with Crippen LogP contribution in [0.3, 0.4) is 0 Å². The summed E-state index contributed by atoms with van der Waals surface area (Å²) in [5.74, 6) is 6.57. The number of halogens is 1. The molecular weight excluding hydrogens is 357 g/mol. The Morgan fingerprint density at radius 2 is 1.96 bits per heavy atom. The van der Waals surface area contributed by atoms with Crippen molar-refractivity contribution in [2.24, 2.45) is 0 Å². The van der Waals surface area contributed by atoms with Gasteiger partial charge in [-0.05, 0) is 36.4 Å². The van der Waals surface area contributed by atoms with Crippen molar-refractivity contribution in [2.75, 3.05) is 24.0 Å². The van der Waals surface area contributed by atoms with Crippen molar-refractivity contribution >= 4 is 23.4 Å². The molecular formula is C17H16FN5O2S. The summed E-state index contributed by atoms with van der Waals surface area (Å²) in [7, 11) is 1.56. The summed E-state index contributed by atoms with van der Waals surface area (Å²) in [5.41, 5.74) is 1.22. The molecule has 0 radical (unpaired) electrons. The Kier molecular flexibility index (Phi) is 5.37. The van der Waals surface area contributed by atoms with Crippen LogP contribution in [-0.2, 0) is 4.79 Å². The standard InChI is InChI=1S/C17H16FN5O2S/c1-25-14-5-3-2-4-13(14)16-21-22-17(23(16)19)26-10-15(24)20-12-8-6-11(18)7-9-12/h2-9H,10,19H2,1H3,(H,20,24). The van der Waals surface area contributed by atoms with Crippen molar-refractivity contribution in [3.05, 3.63) is 54.3 Å². The number of nitrogens with one attached hydrogen (secondary N) is 1. The molecule has 134 valence electrons. The Balaban J connectivity index is 1.67. The first-order chi connectivity index (χ1) is 12.6. The van der Waals surface area contributed by atoms with Crippen LogP contribution in [0.1, 0.15) is 0 Å². The molecule has 1 heterocycles. The lowest BCUT2D eigenvalue weighted by molar-refractivity contribution is -0.113. The molecule has 0 aliphatic carbocycles. The molecule has 0 aliphatic heterocycles. The fourth-order valence-electron chi connectivity index (χ4n) is 2.25. The molecule has 0 spiro atoms. The molecule has 0 unspecified atom stereocenters. The van der Waals surface area contributed by atoms with Crippen LogP contribution in [0.2, 0.25) is 0 Å². The van der Waals surface area contributed by atoms with E-state index in [2.05, 4.69) is 15.5 Å². The number of benzene rings is 2. The summed E-state index contributed by atoms with van der Waals surface area (Å²) in [6, 6.07) is 12.8. The lowest BCUT2D eigenvalue weighted by Gasteiger charge is -2.08. The highest BCUT2D eigenvalue weighted by Gasteiger charge is 2.16. The Morgan fingerprint density at radius 3 is 2.69 bits per heavy atom. The van der Waals surface area contributed by atoms with Gasteiger partial charge >= 0.3 is 0 Å². The van der Waals surface area contributed by atoms with Crippen LogP contribution in [0.25, 0.3) is 11.4 Å². The van der Waals surface area contributed by atoms with Gasteiger partial charge in [0.1, 0.15) is 11.6 Å². The molecule has 0 bridgehead atoms. The number of methoxy groups -OCH3 is 1. The fourth-order valence-corrected chi connectivity index (χ4v) is 2.91. The number of anilines is 1. The largest absolute Gasteiger partial charge is 0.496 e. The topological polar surface area (TPSA) is 95.1 Å². The second-order valence-corrected chi connectivity index (χ2v) is 6.16. The van der Waals surface area contributed by atoms with E-state index in [1.54, 1.807) is 13.2 Å². The van der Waals surface area contributed by atoms with Gasteiger partial charge in [0.15, 0.2) is 5.82 Å². The minimum atomic E-state index is -0.363. The third kappa shape index (κ3) is 3.94. The molecule has 1 amide bonds. The van der Waals surface area contributed by atoms with Gasteiger partial charge in [-0.25, -0.2) is 9.07 Å².